The van der Waals surface area contributed by atoms with E-state index in [0.717, 1.165) is 42.8 Å². The van der Waals surface area contributed by atoms with E-state index in [9.17, 15) is 8.42 Å². The van der Waals surface area contributed by atoms with E-state index in [1.807, 2.05) is 24.3 Å². The first-order valence-corrected chi connectivity index (χ1v) is 10.6. The predicted octanol–water partition coefficient (Wildman–Crippen LogP) is 3.47. The van der Waals surface area contributed by atoms with Crippen molar-refractivity contribution in [3.05, 3.63) is 59.8 Å². The molecule has 0 bridgehead atoms. The molecular weight excluding hydrogens is 382 g/mol. The van der Waals surface area contributed by atoms with Gasteiger partial charge >= 0.3 is 0 Å². The highest BCUT2D eigenvalue weighted by Gasteiger charge is 2.28. The number of anilines is 1. The minimum atomic E-state index is -3.72. The number of fused-ring (bicyclic) bond motifs is 1. The summed E-state index contributed by atoms with van der Waals surface area (Å²) in [6, 6.07) is 14.0. The Morgan fingerprint density at radius 3 is 2.33 bits per heavy atom. The molecule has 0 radical (unpaired) electrons. The molecule has 0 spiro atoms. The zero-order chi connectivity index (χ0) is 19.0. The van der Waals surface area contributed by atoms with Crippen molar-refractivity contribution in [2.45, 2.75) is 9.79 Å². The second-order valence-electron chi connectivity index (χ2n) is 6.74. The number of pyridine rings is 1. The van der Waals surface area contributed by atoms with Gasteiger partial charge in [0.15, 0.2) is 0 Å². The van der Waals surface area contributed by atoms with Crippen LogP contribution >= 0.6 is 11.6 Å². The highest BCUT2D eigenvalue weighted by atomic mass is 35.5. The smallest absolute Gasteiger partial charge is 0.210 e. The van der Waals surface area contributed by atoms with Crippen LogP contribution in [-0.2, 0) is 9.84 Å². The van der Waals surface area contributed by atoms with Gasteiger partial charge in [0.05, 0.1) is 16.1 Å². The number of hydrogen-bond acceptors (Lipinski definition) is 5. The van der Waals surface area contributed by atoms with Gasteiger partial charge in [-0.25, -0.2) is 8.42 Å². The molecular formula is C20H20ClN3O2S. The Morgan fingerprint density at radius 1 is 0.963 bits per heavy atom. The first kappa shape index (κ1) is 18.2. The van der Waals surface area contributed by atoms with E-state index >= 15 is 0 Å². The maximum Gasteiger partial charge on any atom is 0.210 e. The van der Waals surface area contributed by atoms with Crippen LogP contribution in [0.5, 0.6) is 0 Å². The summed E-state index contributed by atoms with van der Waals surface area (Å²) in [6.07, 6.45) is 1.49. The lowest BCUT2D eigenvalue weighted by Gasteiger charge is -2.35. The number of halogens is 1. The quantitative estimate of drug-likeness (QED) is 0.672. The largest absolute Gasteiger partial charge is 0.367 e. The van der Waals surface area contributed by atoms with Crippen molar-refractivity contribution in [1.82, 2.24) is 9.88 Å². The molecule has 0 unspecified atom stereocenters. The number of piperazine rings is 1. The molecule has 0 aliphatic carbocycles. The molecule has 1 aliphatic heterocycles. The molecule has 4 rings (SSSR count). The zero-order valence-corrected chi connectivity index (χ0v) is 16.5. The fourth-order valence-electron chi connectivity index (χ4n) is 3.40. The SMILES string of the molecule is CN1CCN(c2c(S(=O)(=O)c3ccc(Cl)cc3)cnc3ccccc23)CC1. The molecule has 3 aromatic rings. The van der Waals surface area contributed by atoms with Gasteiger partial charge < -0.3 is 9.80 Å². The maximum atomic E-state index is 13.4. The van der Waals surface area contributed by atoms with Crippen molar-refractivity contribution in [3.63, 3.8) is 0 Å². The number of hydrogen-bond donors (Lipinski definition) is 0. The number of benzene rings is 2. The van der Waals surface area contributed by atoms with Crippen LogP contribution < -0.4 is 4.90 Å². The minimum Gasteiger partial charge on any atom is -0.367 e. The number of nitrogens with zero attached hydrogens (tertiary/aromatic N) is 3. The van der Waals surface area contributed by atoms with Crippen LogP contribution in [0, 0.1) is 0 Å². The molecule has 1 aliphatic rings. The summed E-state index contributed by atoms with van der Waals surface area (Å²) in [6.45, 7) is 3.31. The van der Waals surface area contributed by atoms with Gasteiger partial charge in [0.1, 0.15) is 4.90 Å². The third-order valence-corrected chi connectivity index (χ3v) is 6.97. The number of rotatable bonds is 3. The van der Waals surface area contributed by atoms with Gasteiger partial charge in [-0.05, 0) is 37.4 Å². The number of sulfone groups is 1. The van der Waals surface area contributed by atoms with Gasteiger partial charge in [-0.1, -0.05) is 29.8 Å². The van der Waals surface area contributed by atoms with Crippen LogP contribution in [0.15, 0.2) is 64.5 Å². The lowest BCUT2D eigenvalue weighted by Crippen LogP contribution is -2.45. The summed E-state index contributed by atoms with van der Waals surface area (Å²) in [4.78, 5) is 9.29. The third kappa shape index (κ3) is 3.40. The first-order chi connectivity index (χ1) is 13.0. The van der Waals surface area contributed by atoms with E-state index in [1.165, 1.54) is 6.20 Å². The third-order valence-electron chi connectivity index (χ3n) is 4.95. The number of likely N-dealkylation sites (N-methyl/N-ethyl adjacent to an activating group) is 1. The first-order valence-electron chi connectivity index (χ1n) is 8.79. The zero-order valence-electron chi connectivity index (χ0n) is 15.0. The normalized spacial score (nSPS) is 16.0. The van der Waals surface area contributed by atoms with Crippen molar-refractivity contribution >= 4 is 38.0 Å². The molecule has 0 N–H and O–H groups in total. The Kier molecular flexibility index (Phi) is 4.80. The van der Waals surface area contributed by atoms with E-state index in [0.29, 0.717) is 5.02 Å². The summed E-state index contributed by atoms with van der Waals surface area (Å²) in [5.74, 6) is 0. The van der Waals surface area contributed by atoms with Crippen LogP contribution in [0.3, 0.4) is 0 Å². The maximum absolute atomic E-state index is 13.4. The second-order valence-corrected chi connectivity index (χ2v) is 9.09. The molecule has 0 atom stereocenters. The van der Waals surface area contributed by atoms with E-state index in [1.54, 1.807) is 24.3 Å². The van der Waals surface area contributed by atoms with Gasteiger partial charge in [-0.3, -0.25) is 4.98 Å². The lowest BCUT2D eigenvalue weighted by atomic mass is 10.1. The van der Waals surface area contributed by atoms with Crippen molar-refractivity contribution in [3.8, 4) is 0 Å². The molecule has 27 heavy (non-hydrogen) atoms. The van der Waals surface area contributed by atoms with E-state index in [4.69, 9.17) is 11.6 Å². The fourth-order valence-corrected chi connectivity index (χ4v) is 4.96. The van der Waals surface area contributed by atoms with Crippen molar-refractivity contribution in [1.29, 1.82) is 0 Å². The standard InChI is InChI=1S/C20H20ClN3O2S/c1-23-10-12-24(13-11-23)20-17-4-2-3-5-18(17)22-14-19(20)27(25,26)16-8-6-15(21)7-9-16/h2-9,14H,10-13H2,1H3. The van der Waals surface area contributed by atoms with Crippen LogP contribution in [-0.4, -0.2) is 51.5 Å². The molecule has 2 aromatic carbocycles. The fraction of sp³-hybridized carbons (Fsp3) is 0.250. The van der Waals surface area contributed by atoms with E-state index < -0.39 is 9.84 Å². The van der Waals surface area contributed by atoms with Crippen molar-refractivity contribution in [2.24, 2.45) is 0 Å². The monoisotopic (exact) mass is 401 g/mol. The Hall–Kier alpha value is -2.15. The Labute approximate surface area is 164 Å². The molecule has 1 fully saturated rings. The summed E-state index contributed by atoms with van der Waals surface area (Å²) < 4.78 is 26.8. The molecule has 140 valence electrons. The number of para-hydroxylation sites is 1. The minimum absolute atomic E-state index is 0.222. The van der Waals surface area contributed by atoms with Crippen molar-refractivity contribution in [2.75, 3.05) is 38.1 Å². The molecule has 0 saturated carbocycles. The molecule has 1 aromatic heterocycles. The Balaban J connectivity index is 1.92. The van der Waals surface area contributed by atoms with E-state index in [-0.39, 0.29) is 9.79 Å². The van der Waals surface area contributed by atoms with Gasteiger partial charge in [-0.15, -0.1) is 0 Å². The topological polar surface area (TPSA) is 53.5 Å². The van der Waals surface area contributed by atoms with E-state index in [2.05, 4.69) is 21.8 Å². The summed E-state index contributed by atoms with van der Waals surface area (Å²) in [7, 11) is -1.64. The number of aromatic nitrogens is 1. The average molecular weight is 402 g/mol. The predicted molar refractivity (Wildman–Crippen MR) is 108 cm³/mol. The molecule has 2 heterocycles. The van der Waals surface area contributed by atoms with Gasteiger partial charge in [0.25, 0.3) is 0 Å². The second kappa shape index (κ2) is 7.11. The van der Waals surface area contributed by atoms with Gasteiger partial charge in [-0.2, -0.15) is 0 Å². The van der Waals surface area contributed by atoms with Gasteiger partial charge in [0, 0.05) is 42.8 Å². The average Bonchev–Trinajstić information content (AvgIpc) is 2.68. The lowest BCUT2D eigenvalue weighted by molar-refractivity contribution is 0.312. The highest BCUT2D eigenvalue weighted by molar-refractivity contribution is 7.91. The molecule has 7 heteroatoms. The summed E-state index contributed by atoms with van der Waals surface area (Å²) in [5, 5.41) is 1.36. The van der Waals surface area contributed by atoms with Crippen molar-refractivity contribution < 1.29 is 8.42 Å². The molecule has 0 amide bonds. The van der Waals surface area contributed by atoms with Gasteiger partial charge in [0.2, 0.25) is 9.84 Å². The Morgan fingerprint density at radius 2 is 1.63 bits per heavy atom. The van der Waals surface area contributed by atoms with Crippen LogP contribution in [0.25, 0.3) is 10.9 Å². The van der Waals surface area contributed by atoms with Crippen LogP contribution in [0.4, 0.5) is 5.69 Å². The highest BCUT2D eigenvalue weighted by Crippen LogP contribution is 2.36. The Bertz CT molecular complexity index is 1080. The van der Waals surface area contributed by atoms with Crippen LogP contribution in [0.1, 0.15) is 0 Å². The molecule has 1 saturated heterocycles. The molecule has 5 nitrogen and oxygen atoms in total. The summed E-state index contributed by atoms with van der Waals surface area (Å²) >= 11 is 5.93. The van der Waals surface area contributed by atoms with Crippen LogP contribution in [0.2, 0.25) is 5.02 Å². The summed E-state index contributed by atoms with van der Waals surface area (Å²) in [5.41, 5.74) is 1.53.